The van der Waals surface area contributed by atoms with Gasteiger partial charge in [-0.1, -0.05) is 23.7 Å². The molecule has 0 atom stereocenters. The summed E-state index contributed by atoms with van der Waals surface area (Å²) in [5.41, 5.74) is 0.929. The van der Waals surface area contributed by atoms with E-state index in [1.165, 1.54) is 0 Å². The Morgan fingerprint density at radius 3 is 2.89 bits per heavy atom. The highest BCUT2D eigenvalue weighted by Crippen LogP contribution is 2.10. The van der Waals surface area contributed by atoms with Gasteiger partial charge >= 0.3 is 0 Å². The summed E-state index contributed by atoms with van der Waals surface area (Å²) in [7, 11) is 0. The molecule has 0 aliphatic heterocycles. The molecule has 4 heteroatoms. The van der Waals surface area contributed by atoms with Crippen molar-refractivity contribution in [1.29, 1.82) is 0 Å². The molecule has 0 aromatic heterocycles. The van der Waals surface area contributed by atoms with E-state index in [1.54, 1.807) is 6.07 Å². The van der Waals surface area contributed by atoms with Crippen molar-refractivity contribution < 1.29 is 9.53 Å². The van der Waals surface area contributed by atoms with E-state index in [0.29, 0.717) is 24.6 Å². The third kappa shape index (κ3) is 6.62. The van der Waals surface area contributed by atoms with Crippen LogP contribution in [0.15, 0.2) is 24.3 Å². The number of carbonyl (C=O) groups excluding carboxylic acids is 1. The monoisotopic (exact) mass is 269 g/mol. The van der Waals surface area contributed by atoms with Crippen LogP contribution in [-0.2, 0) is 16.0 Å². The van der Waals surface area contributed by atoms with Crippen LogP contribution in [0.3, 0.4) is 0 Å². The lowest BCUT2D eigenvalue weighted by molar-refractivity contribution is -0.120. The van der Waals surface area contributed by atoms with Gasteiger partial charge in [-0.05, 0) is 38.0 Å². The van der Waals surface area contributed by atoms with E-state index >= 15 is 0 Å². The quantitative estimate of drug-likeness (QED) is 0.773. The molecule has 100 valence electrons. The highest BCUT2D eigenvalue weighted by molar-refractivity contribution is 6.30. The summed E-state index contributed by atoms with van der Waals surface area (Å²) in [6.07, 6.45) is 1.44. The highest BCUT2D eigenvalue weighted by Gasteiger charge is 2.03. The van der Waals surface area contributed by atoms with Gasteiger partial charge in [0.05, 0.1) is 12.5 Å². The Labute approximate surface area is 113 Å². The van der Waals surface area contributed by atoms with Crippen LogP contribution in [0.1, 0.15) is 25.8 Å². The lowest BCUT2D eigenvalue weighted by atomic mass is 10.1. The zero-order valence-electron chi connectivity index (χ0n) is 10.9. The van der Waals surface area contributed by atoms with Crippen molar-refractivity contribution in [3.8, 4) is 0 Å². The third-order valence-electron chi connectivity index (χ3n) is 2.35. The minimum atomic E-state index is 0.0156. The van der Waals surface area contributed by atoms with E-state index in [9.17, 15) is 4.79 Å². The van der Waals surface area contributed by atoms with E-state index in [-0.39, 0.29) is 12.0 Å². The molecule has 0 aliphatic rings. The van der Waals surface area contributed by atoms with Crippen molar-refractivity contribution in [2.75, 3.05) is 13.2 Å². The fraction of sp³-hybridized carbons (Fsp3) is 0.500. The van der Waals surface area contributed by atoms with Crippen molar-refractivity contribution >= 4 is 17.5 Å². The highest BCUT2D eigenvalue weighted by atomic mass is 35.5. The van der Waals surface area contributed by atoms with Crippen molar-refractivity contribution in [2.45, 2.75) is 32.8 Å². The van der Waals surface area contributed by atoms with Crippen molar-refractivity contribution in [2.24, 2.45) is 0 Å². The van der Waals surface area contributed by atoms with Gasteiger partial charge in [-0.25, -0.2) is 0 Å². The van der Waals surface area contributed by atoms with E-state index in [0.717, 1.165) is 12.0 Å². The molecule has 0 spiro atoms. The Balaban J connectivity index is 2.18. The molecule has 0 bridgehead atoms. The summed E-state index contributed by atoms with van der Waals surface area (Å²) in [6.45, 7) is 5.32. The summed E-state index contributed by atoms with van der Waals surface area (Å²) in [5, 5.41) is 3.52. The van der Waals surface area contributed by atoms with Crippen LogP contribution in [0.2, 0.25) is 5.02 Å². The predicted octanol–water partition coefficient (Wildman–Crippen LogP) is 2.81. The number of benzene rings is 1. The zero-order chi connectivity index (χ0) is 13.4. The van der Waals surface area contributed by atoms with Gasteiger partial charge in [0, 0.05) is 18.2 Å². The average molecular weight is 270 g/mol. The first kappa shape index (κ1) is 15.0. The first-order valence-electron chi connectivity index (χ1n) is 6.20. The summed E-state index contributed by atoms with van der Waals surface area (Å²) in [4.78, 5) is 11.6. The van der Waals surface area contributed by atoms with Gasteiger partial charge < -0.3 is 10.1 Å². The largest absolute Gasteiger partial charge is 0.379 e. The van der Waals surface area contributed by atoms with Crippen LogP contribution < -0.4 is 5.32 Å². The molecule has 0 saturated heterocycles. The summed E-state index contributed by atoms with van der Waals surface area (Å²) < 4.78 is 5.39. The van der Waals surface area contributed by atoms with E-state index in [1.807, 2.05) is 32.0 Å². The standard InChI is InChI=1S/C14H20ClNO2/c1-11(2)18-8-4-7-16-14(17)10-12-5-3-6-13(15)9-12/h3,5-6,9,11H,4,7-8,10H2,1-2H3,(H,16,17). The van der Waals surface area contributed by atoms with Gasteiger partial charge in [-0.3, -0.25) is 4.79 Å². The topological polar surface area (TPSA) is 38.3 Å². The molecule has 0 heterocycles. The van der Waals surface area contributed by atoms with Crippen LogP contribution in [0.5, 0.6) is 0 Å². The van der Waals surface area contributed by atoms with Crippen LogP contribution >= 0.6 is 11.6 Å². The van der Waals surface area contributed by atoms with Crippen LogP contribution in [-0.4, -0.2) is 25.2 Å². The summed E-state index contributed by atoms with van der Waals surface area (Å²) >= 11 is 5.86. The maximum Gasteiger partial charge on any atom is 0.224 e. The molecular weight excluding hydrogens is 250 g/mol. The maximum absolute atomic E-state index is 11.6. The van der Waals surface area contributed by atoms with Gasteiger partial charge in [0.15, 0.2) is 0 Å². The SMILES string of the molecule is CC(C)OCCCNC(=O)Cc1cccc(Cl)c1. The smallest absolute Gasteiger partial charge is 0.224 e. The predicted molar refractivity (Wildman–Crippen MR) is 73.9 cm³/mol. The van der Waals surface area contributed by atoms with E-state index in [4.69, 9.17) is 16.3 Å². The van der Waals surface area contributed by atoms with Gasteiger partial charge in [0.25, 0.3) is 0 Å². The molecule has 1 N–H and O–H groups in total. The first-order chi connectivity index (χ1) is 8.58. The molecule has 18 heavy (non-hydrogen) atoms. The minimum absolute atomic E-state index is 0.0156. The summed E-state index contributed by atoms with van der Waals surface area (Å²) in [5.74, 6) is 0.0156. The van der Waals surface area contributed by atoms with Crippen molar-refractivity contribution in [3.63, 3.8) is 0 Å². The average Bonchev–Trinajstić information content (AvgIpc) is 2.28. The molecule has 1 amide bonds. The van der Waals surface area contributed by atoms with Gasteiger partial charge in [-0.15, -0.1) is 0 Å². The number of hydrogen-bond donors (Lipinski definition) is 1. The Bertz CT molecular complexity index is 380. The second-order valence-corrected chi connectivity index (χ2v) is 4.87. The number of carbonyl (C=O) groups is 1. The molecule has 1 aromatic rings. The molecule has 0 radical (unpaired) electrons. The minimum Gasteiger partial charge on any atom is -0.379 e. The first-order valence-corrected chi connectivity index (χ1v) is 6.58. The number of ether oxygens (including phenoxy) is 1. The molecule has 0 fully saturated rings. The van der Waals surface area contributed by atoms with Gasteiger partial charge in [0.1, 0.15) is 0 Å². The second kappa shape index (κ2) is 8.11. The molecule has 1 aromatic carbocycles. The van der Waals surface area contributed by atoms with Gasteiger partial charge in [-0.2, -0.15) is 0 Å². The summed E-state index contributed by atoms with van der Waals surface area (Å²) in [6, 6.07) is 7.35. The van der Waals surface area contributed by atoms with Crippen molar-refractivity contribution in [3.05, 3.63) is 34.9 Å². The fourth-order valence-electron chi connectivity index (χ4n) is 1.51. The molecule has 0 aliphatic carbocycles. The Morgan fingerprint density at radius 2 is 2.22 bits per heavy atom. The number of rotatable bonds is 7. The number of halogens is 1. The molecule has 0 unspecified atom stereocenters. The third-order valence-corrected chi connectivity index (χ3v) is 2.58. The second-order valence-electron chi connectivity index (χ2n) is 4.43. The number of nitrogens with one attached hydrogen (secondary N) is 1. The lowest BCUT2D eigenvalue weighted by Crippen LogP contribution is -2.27. The van der Waals surface area contributed by atoms with Gasteiger partial charge in [0.2, 0.25) is 5.91 Å². The number of amides is 1. The molecule has 1 rings (SSSR count). The maximum atomic E-state index is 11.6. The number of hydrogen-bond acceptors (Lipinski definition) is 2. The molecular formula is C14H20ClNO2. The Morgan fingerprint density at radius 1 is 1.44 bits per heavy atom. The Hall–Kier alpha value is -1.06. The molecule has 3 nitrogen and oxygen atoms in total. The van der Waals surface area contributed by atoms with Crippen LogP contribution in [0, 0.1) is 0 Å². The van der Waals surface area contributed by atoms with E-state index in [2.05, 4.69) is 5.32 Å². The zero-order valence-corrected chi connectivity index (χ0v) is 11.7. The van der Waals surface area contributed by atoms with E-state index < -0.39 is 0 Å². The van der Waals surface area contributed by atoms with Crippen LogP contribution in [0.25, 0.3) is 0 Å². The lowest BCUT2D eigenvalue weighted by Gasteiger charge is -2.08. The fourth-order valence-corrected chi connectivity index (χ4v) is 1.73. The van der Waals surface area contributed by atoms with Crippen molar-refractivity contribution in [1.82, 2.24) is 5.32 Å². The Kier molecular flexibility index (Phi) is 6.76. The van der Waals surface area contributed by atoms with Crippen LogP contribution in [0.4, 0.5) is 0 Å². The normalized spacial score (nSPS) is 10.7. The molecule has 0 saturated carbocycles.